The van der Waals surface area contributed by atoms with Crippen LogP contribution < -0.4 is 5.32 Å². The lowest BCUT2D eigenvalue weighted by atomic mass is 9.99. The lowest BCUT2D eigenvalue weighted by Gasteiger charge is -2.38. The second-order valence-corrected chi connectivity index (χ2v) is 12.7. The molecule has 2 aromatic heterocycles. The Hall–Kier alpha value is -3.60. The molecule has 2 aliphatic heterocycles. The monoisotopic (exact) mass is 656 g/mol. The molecule has 3 atom stereocenters. The minimum absolute atomic E-state index is 0.0808. The van der Waals surface area contributed by atoms with Crippen molar-refractivity contribution in [1.82, 2.24) is 15.0 Å². The number of aromatic nitrogens is 2. The second-order valence-electron chi connectivity index (χ2n) is 11.9. The Morgan fingerprint density at radius 2 is 1.73 bits per heavy atom. The van der Waals surface area contributed by atoms with E-state index in [0.717, 1.165) is 49.1 Å². The van der Waals surface area contributed by atoms with Crippen LogP contribution >= 0.6 is 23.2 Å². The smallest absolute Gasteiger partial charge is 0.373 e. The maximum Gasteiger partial charge on any atom is 0.416 e. The molecule has 234 valence electrons. The number of hydrogen-bond donors (Lipinski definition) is 1. The third-order valence-electron chi connectivity index (χ3n) is 8.86. The lowest BCUT2D eigenvalue weighted by molar-refractivity contribution is -0.137. The van der Waals surface area contributed by atoms with Crippen molar-refractivity contribution in [3.8, 4) is 22.4 Å². The number of carbonyl (C=O) groups is 1. The minimum atomic E-state index is -4.58. The number of pyridine rings is 1. The molecule has 1 saturated carbocycles. The average Bonchev–Trinajstić information content (AvgIpc) is 3.72. The number of ether oxygens (including phenoxy) is 1. The molecule has 2 saturated heterocycles. The van der Waals surface area contributed by atoms with Crippen LogP contribution in [0.4, 0.5) is 23.7 Å². The van der Waals surface area contributed by atoms with Gasteiger partial charge in [0.15, 0.2) is 0 Å². The van der Waals surface area contributed by atoms with Crippen LogP contribution in [0.2, 0.25) is 10.0 Å². The zero-order chi connectivity index (χ0) is 31.3. The molecule has 3 fully saturated rings. The molecule has 1 aliphatic carbocycles. The van der Waals surface area contributed by atoms with Crippen LogP contribution in [0.1, 0.15) is 61.3 Å². The highest BCUT2D eigenvalue weighted by Gasteiger charge is 2.44. The molecule has 7 rings (SSSR count). The van der Waals surface area contributed by atoms with E-state index in [2.05, 4.69) is 15.5 Å². The van der Waals surface area contributed by atoms with E-state index in [1.54, 1.807) is 47.5 Å². The first-order chi connectivity index (χ1) is 21.7. The lowest BCUT2D eigenvalue weighted by Crippen LogP contribution is -2.50. The number of alkyl halides is 3. The number of anilines is 1. The summed E-state index contributed by atoms with van der Waals surface area (Å²) in [5.41, 5.74) is 2.12. The molecule has 3 aliphatic rings. The predicted octanol–water partition coefficient (Wildman–Crippen LogP) is 9.35. The number of fused-ring (bicyclic) bond motifs is 2. The zero-order valence-corrected chi connectivity index (χ0v) is 25.5. The molecule has 2 unspecified atom stereocenters. The zero-order valence-electron chi connectivity index (χ0n) is 24.0. The number of halogens is 5. The summed E-state index contributed by atoms with van der Waals surface area (Å²) in [5, 5.41) is 8.04. The van der Waals surface area contributed by atoms with Gasteiger partial charge in [0, 0.05) is 52.8 Å². The second kappa shape index (κ2) is 12.0. The fourth-order valence-electron chi connectivity index (χ4n) is 6.60. The Balaban J connectivity index is 1.06. The van der Waals surface area contributed by atoms with Gasteiger partial charge in [0.05, 0.1) is 28.3 Å². The Bertz CT molecular complexity index is 1690. The maximum atomic E-state index is 13.8. The number of hydrogen-bond acceptors (Lipinski definition) is 5. The molecule has 2 aromatic carbocycles. The van der Waals surface area contributed by atoms with E-state index >= 15 is 0 Å². The van der Waals surface area contributed by atoms with Crippen LogP contribution in [0.25, 0.3) is 22.4 Å². The summed E-state index contributed by atoms with van der Waals surface area (Å²) < 4.78 is 53.5. The Morgan fingerprint density at radius 3 is 2.38 bits per heavy atom. The Labute approximate surface area is 267 Å². The van der Waals surface area contributed by atoms with Crippen molar-refractivity contribution >= 4 is 34.9 Å². The first-order valence-corrected chi connectivity index (χ1v) is 15.7. The maximum absolute atomic E-state index is 13.8. The molecule has 2 bridgehead atoms. The first kappa shape index (κ1) is 30.1. The third kappa shape index (κ3) is 6.15. The van der Waals surface area contributed by atoms with E-state index < -0.39 is 17.8 Å². The highest BCUT2D eigenvalue weighted by molar-refractivity contribution is 6.39. The molecular formula is C33H29Cl2F3N4O3. The fourth-order valence-corrected chi connectivity index (χ4v) is 7.17. The van der Waals surface area contributed by atoms with Crippen molar-refractivity contribution in [3.63, 3.8) is 0 Å². The number of rotatable bonds is 7. The van der Waals surface area contributed by atoms with Gasteiger partial charge in [0.2, 0.25) is 0 Å². The van der Waals surface area contributed by atoms with Crippen LogP contribution in [-0.2, 0) is 17.5 Å². The molecule has 7 nitrogen and oxygen atoms in total. The molecule has 0 radical (unpaired) electrons. The van der Waals surface area contributed by atoms with Crippen molar-refractivity contribution in [2.45, 2.75) is 75.4 Å². The number of nitrogens with one attached hydrogen (secondary N) is 1. The van der Waals surface area contributed by atoms with Crippen molar-refractivity contribution in [2.75, 3.05) is 5.32 Å². The number of piperidine rings is 1. The van der Waals surface area contributed by atoms with Gasteiger partial charge in [-0.3, -0.25) is 4.98 Å². The van der Waals surface area contributed by atoms with Gasteiger partial charge in [-0.1, -0.05) is 40.5 Å². The largest absolute Gasteiger partial charge is 0.416 e. The van der Waals surface area contributed by atoms with Crippen LogP contribution in [0, 0.1) is 0 Å². The average molecular weight is 658 g/mol. The van der Waals surface area contributed by atoms with E-state index in [-0.39, 0.29) is 30.5 Å². The predicted molar refractivity (Wildman–Crippen MR) is 164 cm³/mol. The molecule has 12 heteroatoms. The van der Waals surface area contributed by atoms with Gasteiger partial charge in [0.1, 0.15) is 11.5 Å². The highest BCUT2D eigenvalue weighted by atomic mass is 35.5. The Morgan fingerprint density at radius 1 is 1.00 bits per heavy atom. The summed E-state index contributed by atoms with van der Waals surface area (Å²) in [5.74, 6) is 1.09. The van der Waals surface area contributed by atoms with Gasteiger partial charge in [-0.2, -0.15) is 13.2 Å². The summed E-state index contributed by atoms with van der Waals surface area (Å²) in [7, 11) is 0. The normalized spacial score (nSPS) is 21.3. The summed E-state index contributed by atoms with van der Waals surface area (Å²) in [6, 6.07) is 11.6. The molecule has 4 heterocycles. The first-order valence-electron chi connectivity index (χ1n) is 14.9. The van der Waals surface area contributed by atoms with Crippen molar-refractivity contribution < 1.29 is 27.2 Å². The quantitative estimate of drug-likeness (QED) is 0.214. The molecule has 1 N–H and O–H groups in total. The van der Waals surface area contributed by atoms with Crippen molar-refractivity contribution in [1.29, 1.82) is 0 Å². The van der Waals surface area contributed by atoms with Gasteiger partial charge >= 0.3 is 12.2 Å². The van der Waals surface area contributed by atoms with Crippen LogP contribution in [0.15, 0.2) is 65.4 Å². The molecule has 0 spiro atoms. The summed E-state index contributed by atoms with van der Waals surface area (Å²) in [4.78, 5) is 19.3. The standard InChI is InChI=1S/C33H29Cl2F3N4O3/c34-27-4-1-5-28(35)29(27)30-26(31(45-41-30)18-6-7-18)17-44-25-14-23-8-9-24(15-25)42(23)32(43)40-22-12-20(19-3-2-10-39-16-19)11-21(13-22)33(36,37)38/h1-5,10-13,16,18,23-25H,6-9,14-15,17H2,(H,40,43)/t23-,24?,25?/m0/s1. The third-order valence-corrected chi connectivity index (χ3v) is 9.49. The molecule has 4 aromatic rings. The summed E-state index contributed by atoms with van der Waals surface area (Å²) in [6.07, 6.45) is 3.20. The van der Waals surface area contributed by atoms with E-state index in [1.807, 2.05) is 0 Å². The van der Waals surface area contributed by atoms with E-state index in [0.29, 0.717) is 51.2 Å². The minimum Gasteiger partial charge on any atom is -0.373 e. The summed E-state index contributed by atoms with van der Waals surface area (Å²) in [6.45, 7) is 0.268. The van der Waals surface area contributed by atoms with Crippen LogP contribution in [0.5, 0.6) is 0 Å². The molecule has 45 heavy (non-hydrogen) atoms. The number of amides is 2. The topological polar surface area (TPSA) is 80.5 Å². The SMILES string of the molecule is O=C(Nc1cc(-c2cccnc2)cc(C(F)(F)F)c1)N1C2CC[C@H]1CC(OCc1c(-c3c(Cl)cccc3Cl)noc1C1CC1)C2. The highest BCUT2D eigenvalue weighted by Crippen LogP contribution is 2.47. The Kier molecular flexibility index (Phi) is 8.00. The summed E-state index contributed by atoms with van der Waals surface area (Å²) >= 11 is 13.0. The number of nitrogens with zero attached hydrogens (tertiary/aromatic N) is 3. The molecule has 2 amide bonds. The molecular weight excluding hydrogens is 628 g/mol. The number of carbonyl (C=O) groups excluding carboxylic acids is 1. The van der Waals surface area contributed by atoms with Crippen molar-refractivity contribution in [3.05, 3.63) is 87.9 Å². The fraction of sp³-hybridized carbons (Fsp3) is 0.364. The van der Waals surface area contributed by atoms with Gasteiger partial charge in [-0.05, 0) is 80.5 Å². The van der Waals surface area contributed by atoms with Crippen LogP contribution in [-0.4, -0.2) is 39.3 Å². The van der Waals surface area contributed by atoms with E-state index in [1.165, 1.54) is 6.20 Å². The van der Waals surface area contributed by atoms with Gasteiger partial charge in [-0.25, -0.2) is 4.79 Å². The van der Waals surface area contributed by atoms with Gasteiger partial charge in [0.25, 0.3) is 0 Å². The van der Waals surface area contributed by atoms with E-state index in [4.69, 9.17) is 32.5 Å². The van der Waals surface area contributed by atoms with Gasteiger partial charge in [-0.15, -0.1) is 0 Å². The van der Waals surface area contributed by atoms with E-state index in [9.17, 15) is 18.0 Å². The van der Waals surface area contributed by atoms with Gasteiger partial charge < -0.3 is 19.5 Å². The van der Waals surface area contributed by atoms with Crippen LogP contribution in [0.3, 0.4) is 0 Å². The van der Waals surface area contributed by atoms with Crippen molar-refractivity contribution in [2.24, 2.45) is 0 Å². The number of urea groups is 1. The number of benzene rings is 2.